The quantitative estimate of drug-likeness (QED) is 0.711. The van der Waals surface area contributed by atoms with Crippen molar-refractivity contribution in [3.05, 3.63) is 21.9 Å². The van der Waals surface area contributed by atoms with Crippen LogP contribution in [0.15, 0.2) is 10.8 Å². The van der Waals surface area contributed by atoms with Crippen LogP contribution < -0.4 is 5.73 Å². The van der Waals surface area contributed by atoms with E-state index in [1.54, 1.807) is 5.38 Å². The molecule has 0 saturated heterocycles. The highest BCUT2D eigenvalue weighted by Crippen LogP contribution is 2.14. The average molecular weight is 171 g/mol. The maximum atomic E-state index is 10.5. The number of hydrogen-bond acceptors (Lipinski definition) is 3. The minimum atomic E-state index is -0.866. The maximum Gasteiger partial charge on any atom is 0.336 e. The van der Waals surface area contributed by atoms with Gasteiger partial charge in [0.05, 0.1) is 5.56 Å². The Kier molecular flexibility index (Phi) is 2.62. The summed E-state index contributed by atoms with van der Waals surface area (Å²) in [5.41, 5.74) is 6.53. The van der Waals surface area contributed by atoms with E-state index in [2.05, 4.69) is 0 Å². The van der Waals surface area contributed by atoms with Gasteiger partial charge in [0.2, 0.25) is 0 Å². The Morgan fingerprint density at radius 3 is 2.91 bits per heavy atom. The molecule has 0 spiro atoms. The highest BCUT2D eigenvalue weighted by Gasteiger charge is 2.09. The van der Waals surface area contributed by atoms with Gasteiger partial charge in [-0.05, 0) is 23.9 Å². The molecule has 0 aliphatic heterocycles. The van der Waals surface area contributed by atoms with Gasteiger partial charge in [-0.3, -0.25) is 0 Å². The zero-order chi connectivity index (χ0) is 8.27. The topological polar surface area (TPSA) is 63.3 Å². The van der Waals surface area contributed by atoms with E-state index in [1.807, 2.05) is 5.38 Å². The number of nitrogens with two attached hydrogens (primary N) is 1. The maximum absolute atomic E-state index is 10.5. The number of thiophene rings is 1. The fourth-order valence-corrected chi connectivity index (χ4v) is 1.73. The van der Waals surface area contributed by atoms with Crippen LogP contribution in [0.25, 0.3) is 0 Å². The van der Waals surface area contributed by atoms with Gasteiger partial charge in [0, 0.05) is 5.38 Å². The van der Waals surface area contributed by atoms with Crippen molar-refractivity contribution in [2.24, 2.45) is 5.73 Å². The average Bonchev–Trinajstić information content (AvgIpc) is 2.36. The van der Waals surface area contributed by atoms with Crippen molar-refractivity contribution >= 4 is 17.3 Å². The molecule has 3 nitrogen and oxygen atoms in total. The van der Waals surface area contributed by atoms with Gasteiger partial charge in [-0.15, -0.1) is 0 Å². The molecule has 1 rings (SSSR count). The summed E-state index contributed by atoms with van der Waals surface area (Å²) >= 11 is 1.40. The Morgan fingerprint density at radius 1 is 1.64 bits per heavy atom. The van der Waals surface area contributed by atoms with Crippen LogP contribution >= 0.6 is 11.3 Å². The van der Waals surface area contributed by atoms with Gasteiger partial charge >= 0.3 is 5.97 Å². The van der Waals surface area contributed by atoms with E-state index < -0.39 is 5.97 Å². The van der Waals surface area contributed by atoms with Gasteiger partial charge in [-0.2, -0.15) is 11.3 Å². The molecule has 0 aromatic carbocycles. The molecule has 0 amide bonds. The minimum Gasteiger partial charge on any atom is -0.478 e. The largest absolute Gasteiger partial charge is 0.478 e. The van der Waals surface area contributed by atoms with Crippen LogP contribution in [0, 0.1) is 0 Å². The van der Waals surface area contributed by atoms with E-state index >= 15 is 0 Å². The first kappa shape index (κ1) is 8.23. The van der Waals surface area contributed by atoms with E-state index in [9.17, 15) is 4.79 Å². The molecule has 1 heterocycles. The number of carboxylic acids is 1. The SMILES string of the molecule is NCCc1cscc1C(=O)O. The summed E-state index contributed by atoms with van der Waals surface area (Å²) in [6.45, 7) is 0.497. The molecule has 3 N–H and O–H groups in total. The molecule has 60 valence electrons. The molecular weight excluding hydrogens is 162 g/mol. The normalized spacial score (nSPS) is 9.91. The van der Waals surface area contributed by atoms with E-state index in [0.29, 0.717) is 18.5 Å². The Balaban J connectivity index is 2.87. The number of hydrogen-bond donors (Lipinski definition) is 2. The zero-order valence-corrected chi connectivity index (χ0v) is 6.73. The van der Waals surface area contributed by atoms with Crippen molar-refractivity contribution in [2.45, 2.75) is 6.42 Å². The van der Waals surface area contributed by atoms with Crippen molar-refractivity contribution in [1.82, 2.24) is 0 Å². The molecular formula is C7H9NO2S. The Bertz CT molecular complexity index is 257. The van der Waals surface area contributed by atoms with Crippen LogP contribution in [-0.4, -0.2) is 17.6 Å². The molecule has 11 heavy (non-hydrogen) atoms. The van der Waals surface area contributed by atoms with Gasteiger partial charge in [0.25, 0.3) is 0 Å². The number of carboxylic acid groups (broad SMARTS) is 1. The molecule has 0 aliphatic carbocycles. The Hall–Kier alpha value is -0.870. The van der Waals surface area contributed by atoms with Gasteiger partial charge in [0.1, 0.15) is 0 Å². The molecule has 1 aromatic rings. The monoisotopic (exact) mass is 171 g/mol. The van der Waals surface area contributed by atoms with Gasteiger partial charge in [0.15, 0.2) is 0 Å². The summed E-state index contributed by atoms with van der Waals surface area (Å²) in [6.07, 6.45) is 0.644. The predicted octanol–water partition coefficient (Wildman–Crippen LogP) is 0.948. The lowest BCUT2D eigenvalue weighted by atomic mass is 10.1. The van der Waals surface area contributed by atoms with Crippen LogP contribution in [0.2, 0.25) is 0 Å². The van der Waals surface area contributed by atoms with Crippen molar-refractivity contribution in [2.75, 3.05) is 6.54 Å². The predicted molar refractivity (Wildman–Crippen MR) is 44.0 cm³/mol. The van der Waals surface area contributed by atoms with Gasteiger partial charge in [-0.25, -0.2) is 4.79 Å². The Morgan fingerprint density at radius 2 is 2.36 bits per heavy atom. The molecule has 0 atom stereocenters. The highest BCUT2D eigenvalue weighted by molar-refractivity contribution is 7.08. The van der Waals surface area contributed by atoms with Crippen molar-refractivity contribution in [1.29, 1.82) is 0 Å². The number of aromatic carboxylic acids is 1. The van der Waals surface area contributed by atoms with Crippen molar-refractivity contribution in [3.8, 4) is 0 Å². The third kappa shape index (κ3) is 1.78. The molecule has 0 unspecified atom stereocenters. The lowest BCUT2D eigenvalue weighted by Gasteiger charge is -1.94. The molecule has 1 aromatic heterocycles. The summed E-state index contributed by atoms with van der Waals surface area (Å²) in [4.78, 5) is 10.5. The smallest absolute Gasteiger partial charge is 0.336 e. The second-order valence-electron chi connectivity index (χ2n) is 2.15. The lowest BCUT2D eigenvalue weighted by Crippen LogP contribution is -2.06. The standard InChI is InChI=1S/C7H9NO2S/c8-2-1-5-3-11-4-6(5)7(9)10/h3-4H,1-2,8H2,(H,9,10). The third-order valence-electron chi connectivity index (χ3n) is 1.39. The summed E-state index contributed by atoms with van der Waals surface area (Å²) in [5.74, 6) is -0.866. The summed E-state index contributed by atoms with van der Waals surface area (Å²) < 4.78 is 0. The molecule has 0 aliphatic rings. The summed E-state index contributed by atoms with van der Waals surface area (Å²) in [5, 5.41) is 12.1. The van der Waals surface area contributed by atoms with E-state index in [-0.39, 0.29) is 0 Å². The highest BCUT2D eigenvalue weighted by atomic mass is 32.1. The van der Waals surface area contributed by atoms with Gasteiger partial charge < -0.3 is 10.8 Å². The van der Waals surface area contributed by atoms with Crippen LogP contribution in [0.3, 0.4) is 0 Å². The van der Waals surface area contributed by atoms with Crippen LogP contribution in [0.5, 0.6) is 0 Å². The van der Waals surface area contributed by atoms with Crippen LogP contribution in [0.4, 0.5) is 0 Å². The molecule has 0 radical (unpaired) electrons. The fourth-order valence-electron chi connectivity index (χ4n) is 0.860. The van der Waals surface area contributed by atoms with Gasteiger partial charge in [-0.1, -0.05) is 0 Å². The first-order valence-electron chi connectivity index (χ1n) is 3.24. The fraction of sp³-hybridized carbons (Fsp3) is 0.286. The second kappa shape index (κ2) is 3.50. The van der Waals surface area contributed by atoms with E-state index in [0.717, 1.165) is 5.56 Å². The molecule has 0 fully saturated rings. The molecule has 0 bridgehead atoms. The van der Waals surface area contributed by atoms with Crippen molar-refractivity contribution < 1.29 is 9.90 Å². The third-order valence-corrected chi connectivity index (χ3v) is 2.18. The zero-order valence-electron chi connectivity index (χ0n) is 5.91. The first-order chi connectivity index (χ1) is 5.25. The number of rotatable bonds is 3. The lowest BCUT2D eigenvalue weighted by molar-refractivity contribution is 0.0696. The number of carbonyl (C=O) groups is 1. The van der Waals surface area contributed by atoms with E-state index in [1.165, 1.54) is 11.3 Å². The van der Waals surface area contributed by atoms with Crippen molar-refractivity contribution in [3.63, 3.8) is 0 Å². The van der Waals surface area contributed by atoms with Crippen LogP contribution in [-0.2, 0) is 6.42 Å². The summed E-state index contributed by atoms with van der Waals surface area (Å²) in [6, 6.07) is 0. The van der Waals surface area contributed by atoms with Crippen LogP contribution in [0.1, 0.15) is 15.9 Å². The van der Waals surface area contributed by atoms with E-state index in [4.69, 9.17) is 10.8 Å². The first-order valence-corrected chi connectivity index (χ1v) is 4.18. The molecule has 4 heteroatoms. The second-order valence-corrected chi connectivity index (χ2v) is 2.90. The molecule has 0 saturated carbocycles. The Labute approximate surface area is 68.5 Å². The summed E-state index contributed by atoms with van der Waals surface area (Å²) in [7, 11) is 0. The minimum absolute atomic E-state index is 0.389.